The Labute approximate surface area is 208 Å². The van der Waals surface area contributed by atoms with Crippen LogP contribution < -0.4 is 9.64 Å². The third-order valence-electron chi connectivity index (χ3n) is 6.51. The highest BCUT2D eigenvalue weighted by atomic mass is 79.9. The Morgan fingerprint density at radius 2 is 1.53 bits per heavy atom. The molecule has 3 aromatic rings. The topological polar surface area (TPSA) is 35.7 Å². The molecule has 178 valence electrons. The van der Waals surface area contributed by atoms with Gasteiger partial charge in [-0.3, -0.25) is 4.58 Å². The number of aliphatic hydroxyl groups is 1. The van der Waals surface area contributed by atoms with Crippen LogP contribution in [0.2, 0.25) is 0 Å². The summed E-state index contributed by atoms with van der Waals surface area (Å²) < 4.78 is 32.0. The van der Waals surface area contributed by atoms with Crippen LogP contribution in [-0.4, -0.2) is 35.2 Å². The molecule has 0 saturated heterocycles. The first-order chi connectivity index (χ1) is 16.0. The fraction of sp³-hybridized carbons (Fsp3) is 0.296. The van der Waals surface area contributed by atoms with Crippen molar-refractivity contribution in [2.24, 2.45) is 0 Å². The molecule has 0 saturated carbocycles. The minimum atomic E-state index is -2.87. The van der Waals surface area contributed by atoms with Gasteiger partial charge < -0.3 is 9.84 Å². The van der Waals surface area contributed by atoms with Crippen molar-refractivity contribution in [1.29, 1.82) is 0 Å². The Hall–Kier alpha value is -2.77. The Bertz CT molecular complexity index is 1140. The fourth-order valence-electron chi connectivity index (χ4n) is 4.94. The molecule has 0 bridgehead atoms. The van der Waals surface area contributed by atoms with Crippen LogP contribution in [0.1, 0.15) is 31.2 Å². The molecule has 7 heteroatoms. The number of ether oxygens (including phenoxy) is 1. The zero-order valence-corrected chi connectivity index (χ0v) is 20.5. The molecule has 1 unspecified atom stereocenters. The second-order valence-electron chi connectivity index (χ2n) is 8.62. The summed E-state index contributed by atoms with van der Waals surface area (Å²) in [5.74, 6) is 1.18. The Morgan fingerprint density at radius 3 is 2.21 bits per heavy atom. The molecule has 4 nitrogen and oxygen atoms in total. The maximum Gasteiger partial charge on any atom is 0.387 e. The van der Waals surface area contributed by atoms with E-state index in [2.05, 4.69) is 21.4 Å². The number of rotatable bonds is 5. The third-order valence-corrected chi connectivity index (χ3v) is 6.51. The van der Waals surface area contributed by atoms with E-state index in [1.807, 2.05) is 47.4 Å². The Morgan fingerprint density at radius 1 is 0.853 bits per heavy atom. The lowest BCUT2D eigenvalue weighted by molar-refractivity contribution is -0.534. The summed E-state index contributed by atoms with van der Waals surface area (Å²) in [7, 11) is 0. The molecule has 0 aliphatic carbocycles. The summed E-state index contributed by atoms with van der Waals surface area (Å²) in [6.07, 6.45) is 4.15. The lowest BCUT2D eigenvalue weighted by Crippen LogP contribution is -2.47. The molecule has 3 aromatic carbocycles. The monoisotopic (exact) mass is 529 g/mol. The van der Waals surface area contributed by atoms with Gasteiger partial charge in [0.25, 0.3) is 11.6 Å². The number of hydrogen-bond acceptors (Lipinski definition) is 3. The lowest BCUT2D eigenvalue weighted by Gasteiger charge is -2.29. The Kier molecular flexibility index (Phi) is 7.33. The molecule has 1 N–H and O–H groups in total. The molecule has 2 aliphatic heterocycles. The van der Waals surface area contributed by atoms with Crippen molar-refractivity contribution in [3.63, 3.8) is 0 Å². The first-order valence-electron chi connectivity index (χ1n) is 11.4. The second kappa shape index (κ2) is 10.2. The first kappa shape index (κ1) is 24.4. The minimum absolute atomic E-state index is 0. The zero-order chi connectivity index (χ0) is 22.8. The van der Waals surface area contributed by atoms with Gasteiger partial charge in [0.2, 0.25) is 0 Å². The highest BCUT2D eigenvalue weighted by Crippen LogP contribution is 2.39. The van der Waals surface area contributed by atoms with Gasteiger partial charge in [0.1, 0.15) is 11.4 Å². The summed E-state index contributed by atoms with van der Waals surface area (Å²) in [6, 6.07) is 24.7. The summed E-state index contributed by atoms with van der Waals surface area (Å²) in [4.78, 5) is 1.97. The fourth-order valence-corrected chi connectivity index (χ4v) is 4.94. The van der Waals surface area contributed by atoms with E-state index in [4.69, 9.17) is 0 Å². The summed E-state index contributed by atoms with van der Waals surface area (Å²) in [5.41, 5.74) is 2.51. The van der Waals surface area contributed by atoms with Crippen molar-refractivity contribution in [3.8, 4) is 16.9 Å². The van der Waals surface area contributed by atoms with Gasteiger partial charge in [-0.2, -0.15) is 13.7 Å². The summed E-state index contributed by atoms with van der Waals surface area (Å²) in [5, 5.41) is 12.1. The maximum absolute atomic E-state index is 12.6. The second-order valence-corrected chi connectivity index (χ2v) is 8.62. The van der Waals surface area contributed by atoms with E-state index in [0.29, 0.717) is 6.54 Å². The van der Waals surface area contributed by atoms with Gasteiger partial charge in [0.15, 0.2) is 6.54 Å². The van der Waals surface area contributed by atoms with E-state index in [9.17, 15) is 13.9 Å². The van der Waals surface area contributed by atoms with Gasteiger partial charge in [-0.15, -0.1) is 17.0 Å². The number of halogens is 3. The van der Waals surface area contributed by atoms with E-state index < -0.39 is 12.3 Å². The molecule has 5 rings (SSSR count). The van der Waals surface area contributed by atoms with E-state index in [0.717, 1.165) is 60.4 Å². The third kappa shape index (κ3) is 4.72. The number of hydrogen-bond donors (Lipinski definition) is 1. The van der Waals surface area contributed by atoms with E-state index >= 15 is 0 Å². The molecule has 1 atom stereocenters. The van der Waals surface area contributed by atoms with Crippen molar-refractivity contribution in [1.82, 2.24) is 0 Å². The quantitative estimate of drug-likeness (QED) is 0.400. The predicted octanol–water partition coefficient (Wildman–Crippen LogP) is 6.18. The number of amidine groups is 1. The molecule has 0 fully saturated rings. The van der Waals surface area contributed by atoms with Crippen LogP contribution >= 0.6 is 17.0 Å². The molecule has 0 spiro atoms. The van der Waals surface area contributed by atoms with Crippen molar-refractivity contribution >= 4 is 28.5 Å². The van der Waals surface area contributed by atoms with Crippen LogP contribution in [0.4, 0.5) is 14.5 Å². The normalized spacial score (nSPS) is 20.1. The largest absolute Gasteiger partial charge is 0.435 e. The number of anilines is 1. The molecule has 34 heavy (non-hydrogen) atoms. The van der Waals surface area contributed by atoms with Crippen LogP contribution in [0.15, 0.2) is 78.9 Å². The predicted molar refractivity (Wildman–Crippen MR) is 135 cm³/mol. The van der Waals surface area contributed by atoms with Gasteiger partial charge >= 0.3 is 6.61 Å². The number of nitrogens with zero attached hydrogens (tertiary/aromatic N) is 2. The molecule has 0 amide bonds. The minimum Gasteiger partial charge on any atom is -0.435 e. The van der Waals surface area contributed by atoms with Crippen LogP contribution in [0.3, 0.4) is 0 Å². The van der Waals surface area contributed by atoms with Gasteiger partial charge in [0.05, 0.1) is 6.54 Å². The van der Waals surface area contributed by atoms with Crippen LogP contribution in [0.5, 0.6) is 5.75 Å². The number of alkyl halides is 2. The highest BCUT2D eigenvalue weighted by Gasteiger charge is 2.54. The Balaban J connectivity index is 0.00000274. The highest BCUT2D eigenvalue weighted by molar-refractivity contribution is 8.93. The summed E-state index contributed by atoms with van der Waals surface area (Å²) in [6.45, 7) is -1.51. The van der Waals surface area contributed by atoms with Gasteiger partial charge in [-0.25, -0.2) is 0 Å². The van der Waals surface area contributed by atoms with Crippen LogP contribution in [0, 0.1) is 0 Å². The average molecular weight is 530 g/mol. The lowest BCUT2D eigenvalue weighted by atomic mass is 9.96. The van der Waals surface area contributed by atoms with Gasteiger partial charge in [-0.05, 0) is 54.7 Å². The molecule has 2 aliphatic rings. The molecule has 0 aromatic heterocycles. The van der Waals surface area contributed by atoms with E-state index in [-0.39, 0.29) is 22.7 Å². The van der Waals surface area contributed by atoms with Crippen molar-refractivity contribution in [2.45, 2.75) is 38.0 Å². The zero-order valence-electron chi connectivity index (χ0n) is 18.7. The van der Waals surface area contributed by atoms with Crippen molar-refractivity contribution in [3.05, 3.63) is 84.4 Å². The molecule has 0 radical (unpaired) electrons. The summed E-state index contributed by atoms with van der Waals surface area (Å²) >= 11 is 0. The molecular formula is C27H28BrF2N2O2+. The SMILES string of the molecule is Br.OC1(c2ccc(-c3ccccc3)cc2)C[N+]2=C(CCCCC2)N1c1ccc(OC(F)F)cc1. The van der Waals surface area contributed by atoms with Gasteiger partial charge in [-0.1, -0.05) is 54.6 Å². The molecule has 2 heterocycles. The average Bonchev–Trinajstić information content (AvgIpc) is 2.95. The smallest absolute Gasteiger partial charge is 0.387 e. The first-order valence-corrected chi connectivity index (χ1v) is 11.4. The maximum atomic E-state index is 12.6. The number of benzene rings is 3. The molecular weight excluding hydrogens is 502 g/mol. The van der Waals surface area contributed by atoms with Crippen molar-refractivity contribution < 1.29 is 23.2 Å². The van der Waals surface area contributed by atoms with Gasteiger partial charge in [0, 0.05) is 12.0 Å². The van der Waals surface area contributed by atoms with Crippen molar-refractivity contribution in [2.75, 3.05) is 18.0 Å². The van der Waals surface area contributed by atoms with Crippen LogP contribution in [-0.2, 0) is 5.72 Å². The van der Waals surface area contributed by atoms with E-state index in [1.165, 1.54) is 12.1 Å². The standard InChI is InChI=1S/C27H27F2N2O2.BrH/c28-26(29)33-24-16-14-23(15-17-24)31-25-9-5-2-6-18-30(25)19-27(31,32)22-12-10-21(11-13-22)20-7-3-1-4-8-20;/h1,3-4,7-8,10-17,26,32H,2,5-6,9,18-19H2;1H/q+1;. The van der Waals surface area contributed by atoms with E-state index in [1.54, 1.807) is 12.1 Å². The van der Waals surface area contributed by atoms with Crippen LogP contribution in [0.25, 0.3) is 11.1 Å².